The average molecular weight is 356 g/mol. The molecule has 0 radical (unpaired) electrons. The quantitative estimate of drug-likeness (QED) is 0.771. The Bertz CT molecular complexity index is 884. The van der Waals surface area contributed by atoms with Gasteiger partial charge in [-0.3, -0.25) is 9.59 Å². The Morgan fingerprint density at radius 2 is 1.64 bits per heavy atom. The van der Waals surface area contributed by atoms with Crippen LogP contribution in [0.3, 0.4) is 0 Å². The van der Waals surface area contributed by atoms with Crippen LogP contribution in [0.15, 0.2) is 47.5 Å². The van der Waals surface area contributed by atoms with Crippen LogP contribution in [-0.2, 0) is 9.59 Å². The van der Waals surface area contributed by atoms with Crippen molar-refractivity contribution < 1.29 is 14.3 Å². The molecule has 3 rings (SSSR count). The van der Waals surface area contributed by atoms with Gasteiger partial charge in [-0.15, -0.1) is 0 Å². The van der Waals surface area contributed by atoms with Gasteiger partial charge in [0.15, 0.2) is 0 Å². The second kappa shape index (κ2) is 6.73. The molecule has 0 atom stereocenters. The summed E-state index contributed by atoms with van der Waals surface area (Å²) in [5.41, 5.74) is 3.51. The molecule has 0 spiro atoms. The molecule has 5 heteroatoms. The van der Waals surface area contributed by atoms with Crippen LogP contribution < -0.4 is 9.64 Å². The number of ether oxygens (including phenoxy) is 1. The van der Waals surface area contributed by atoms with Crippen molar-refractivity contribution in [3.05, 3.63) is 64.2 Å². The molecule has 2 aromatic rings. The van der Waals surface area contributed by atoms with Gasteiger partial charge in [0.2, 0.25) is 0 Å². The first-order valence-electron chi connectivity index (χ1n) is 8.03. The predicted molar refractivity (Wildman–Crippen MR) is 98.8 cm³/mol. The molecule has 0 aromatic heterocycles. The highest BCUT2D eigenvalue weighted by Crippen LogP contribution is 2.35. The van der Waals surface area contributed by atoms with Gasteiger partial charge in [0.25, 0.3) is 11.8 Å². The lowest BCUT2D eigenvalue weighted by molar-refractivity contribution is -0.119. The minimum Gasteiger partial charge on any atom is -0.494 e. The van der Waals surface area contributed by atoms with E-state index in [2.05, 4.69) is 0 Å². The van der Waals surface area contributed by atoms with Crippen LogP contribution in [-0.4, -0.2) is 18.4 Å². The highest BCUT2D eigenvalue weighted by Gasteiger charge is 2.39. The number of anilines is 1. The number of rotatable bonds is 4. The van der Waals surface area contributed by atoms with E-state index in [1.54, 1.807) is 24.3 Å². The zero-order chi connectivity index (χ0) is 18.1. The smallest absolute Gasteiger partial charge is 0.277 e. The van der Waals surface area contributed by atoms with E-state index in [1.165, 1.54) is 0 Å². The zero-order valence-electron chi connectivity index (χ0n) is 14.3. The third kappa shape index (κ3) is 3.05. The normalized spacial score (nSPS) is 14.5. The number of hydrogen-bond acceptors (Lipinski definition) is 3. The molecular weight excluding hydrogens is 338 g/mol. The van der Waals surface area contributed by atoms with Crippen LogP contribution in [0.2, 0.25) is 0 Å². The van der Waals surface area contributed by atoms with Crippen LogP contribution in [0, 0.1) is 13.8 Å². The monoisotopic (exact) mass is 355 g/mol. The van der Waals surface area contributed by atoms with Gasteiger partial charge in [-0.25, -0.2) is 4.90 Å². The number of benzene rings is 2. The molecule has 0 unspecified atom stereocenters. The Balaban J connectivity index is 1.97. The molecule has 25 heavy (non-hydrogen) atoms. The maximum atomic E-state index is 12.9. The lowest BCUT2D eigenvalue weighted by atomic mass is 10.0. The van der Waals surface area contributed by atoms with E-state index in [9.17, 15) is 9.59 Å². The van der Waals surface area contributed by atoms with E-state index in [-0.39, 0.29) is 10.6 Å². The minimum atomic E-state index is -0.510. The van der Waals surface area contributed by atoms with E-state index in [0.717, 1.165) is 16.0 Å². The Morgan fingerprint density at radius 1 is 0.960 bits per heavy atom. The standard InChI is InChI=1S/C20H18ClNO3/c1-4-25-16-9-7-15(8-10-16)22-19(23)17(18(21)20(22)24)14-6-5-12(2)13(3)11-14/h5-11H,4H2,1-3H3. The summed E-state index contributed by atoms with van der Waals surface area (Å²) in [7, 11) is 0. The van der Waals surface area contributed by atoms with Crippen LogP contribution in [0.4, 0.5) is 5.69 Å². The molecule has 0 saturated heterocycles. The number of hydrogen-bond donors (Lipinski definition) is 0. The third-order valence-corrected chi connectivity index (χ3v) is 4.58. The summed E-state index contributed by atoms with van der Waals surface area (Å²) >= 11 is 6.22. The Morgan fingerprint density at radius 3 is 2.24 bits per heavy atom. The van der Waals surface area contributed by atoms with E-state index in [0.29, 0.717) is 23.6 Å². The number of carbonyl (C=O) groups excluding carboxylic acids is 2. The van der Waals surface area contributed by atoms with E-state index >= 15 is 0 Å². The first kappa shape index (κ1) is 17.2. The summed E-state index contributed by atoms with van der Waals surface area (Å²) < 4.78 is 5.39. The maximum absolute atomic E-state index is 12.9. The van der Waals surface area contributed by atoms with E-state index in [4.69, 9.17) is 16.3 Å². The molecular formula is C20H18ClNO3. The summed E-state index contributed by atoms with van der Waals surface area (Å²) in [5, 5.41) is -0.0536. The van der Waals surface area contributed by atoms with Crippen LogP contribution in [0.1, 0.15) is 23.6 Å². The Kier molecular flexibility index (Phi) is 4.64. The van der Waals surface area contributed by atoms with Crippen molar-refractivity contribution in [2.45, 2.75) is 20.8 Å². The van der Waals surface area contributed by atoms with Crippen LogP contribution in [0.25, 0.3) is 5.57 Å². The van der Waals surface area contributed by atoms with Gasteiger partial charge in [0.05, 0.1) is 17.9 Å². The molecule has 128 valence electrons. The van der Waals surface area contributed by atoms with Gasteiger partial charge in [-0.1, -0.05) is 29.8 Å². The number of halogens is 1. The molecule has 1 aliphatic heterocycles. The summed E-state index contributed by atoms with van der Waals surface area (Å²) in [5.74, 6) is -0.245. The number of aryl methyl sites for hydroxylation is 2. The Labute approximate surface area is 151 Å². The minimum absolute atomic E-state index is 0.0536. The number of nitrogens with zero attached hydrogens (tertiary/aromatic N) is 1. The SMILES string of the molecule is CCOc1ccc(N2C(=O)C(Cl)=C(c3ccc(C)c(C)c3)C2=O)cc1. The number of imide groups is 1. The lowest BCUT2D eigenvalue weighted by Crippen LogP contribution is -2.31. The van der Waals surface area contributed by atoms with Gasteiger partial charge in [0, 0.05) is 0 Å². The molecule has 1 heterocycles. The van der Waals surface area contributed by atoms with Gasteiger partial charge in [-0.05, 0) is 61.7 Å². The van der Waals surface area contributed by atoms with Crippen LogP contribution in [0.5, 0.6) is 5.75 Å². The van der Waals surface area contributed by atoms with E-state index < -0.39 is 11.8 Å². The highest BCUT2D eigenvalue weighted by atomic mass is 35.5. The first-order chi connectivity index (χ1) is 11.9. The van der Waals surface area contributed by atoms with Gasteiger partial charge >= 0.3 is 0 Å². The van der Waals surface area contributed by atoms with Gasteiger partial charge in [-0.2, -0.15) is 0 Å². The second-order valence-corrected chi connectivity index (χ2v) is 6.24. The summed E-state index contributed by atoms with van der Waals surface area (Å²) in [6.45, 7) is 6.38. The molecule has 0 fully saturated rings. The van der Waals surface area contributed by atoms with Crippen molar-refractivity contribution in [2.24, 2.45) is 0 Å². The lowest BCUT2D eigenvalue weighted by Gasteiger charge is -2.15. The van der Waals surface area contributed by atoms with E-state index in [1.807, 2.05) is 39.0 Å². The predicted octanol–water partition coefficient (Wildman–Crippen LogP) is 4.23. The molecule has 2 aromatic carbocycles. The van der Waals surface area contributed by atoms with Crippen molar-refractivity contribution in [1.29, 1.82) is 0 Å². The molecule has 0 aliphatic carbocycles. The number of carbonyl (C=O) groups is 2. The summed E-state index contributed by atoms with van der Waals surface area (Å²) in [6, 6.07) is 12.4. The van der Waals surface area contributed by atoms with Crippen LogP contribution >= 0.6 is 11.6 Å². The second-order valence-electron chi connectivity index (χ2n) is 5.86. The molecule has 1 aliphatic rings. The first-order valence-corrected chi connectivity index (χ1v) is 8.41. The fourth-order valence-corrected chi connectivity index (χ4v) is 3.02. The van der Waals surface area contributed by atoms with Gasteiger partial charge < -0.3 is 4.74 Å². The third-order valence-electron chi connectivity index (χ3n) is 4.23. The summed E-state index contributed by atoms with van der Waals surface area (Å²) in [4.78, 5) is 26.5. The van der Waals surface area contributed by atoms with Crippen molar-refractivity contribution in [2.75, 3.05) is 11.5 Å². The van der Waals surface area contributed by atoms with Crippen molar-refractivity contribution >= 4 is 34.7 Å². The molecule has 2 amide bonds. The van der Waals surface area contributed by atoms with Crippen molar-refractivity contribution in [1.82, 2.24) is 0 Å². The molecule has 0 N–H and O–H groups in total. The van der Waals surface area contributed by atoms with Crippen molar-refractivity contribution in [3.8, 4) is 5.75 Å². The Hall–Kier alpha value is -2.59. The summed E-state index contributed by atoms with van der Waals surface area (Å²) in [6.07, 6.45) is 0. The largest absolute Gasteiger partial charge is 0.494 e. The topological polar surface area (TPSA) is 46.6 Å². The fourth-order valence-electron chi connectivity index (χ4n) is 2.74. The maximum Gasteiger partial charge on any atom is 0.277 e. The zero-order valence-corrected chi connectivity index (χ0v) is 15.1. The van der Waals surface area contributed by atoms with Crippen molar-refractivity contribution in [3.63, 3.8) is 0 Å². The molecule has 0 saturated carbocycles. The van der Waals surface area contributed by atoms with Gasteiger partial charge in [0.1, 0.15) is 10.8 Å². The molecule has 4 nitrogen and oxygen atoms in total. The fraction of sp³-hybridized carbons (Fsp3) is 0.200. The molecule has 0 bridgehead atoms. The number of amides is 2. The average Bonchev–Trinajstić information content (AvgIpc) is 2.81. The highest BCUT2D eigenvalue weighted by molar-refractivity contribution is 6.60.